The average molecular weight is 260 g/mol. The smallest absolute Gasteiger partial charge is 0.242 e. The number of carbonyl (C=O) groups is 1. The van der Waals surface area contributed by atoms with Gasteiger partial charge in [-0.2, -0.15) is 0 Å². The molecule has 1 aromatic carbocycles. The number of rotatable bonds is 4. The molecule has 2 rings (SSSR count). The van der Waals surface area contributed by atoms with Crippen molar-refractivity contribution in [2.75, 3.05) is 5.32 Å². The van der Waals surface area contributed by atoms with E-state index in [9.17, 15) is 4.79 Å². The van der Waals surface area contributed by atoms with Crippen molar-refractivity contribution in [3.63, 3.8) is 0 Å². The Morgan fingerprint density at radius 1 is 1.26 bits per heavy atom. The Balaban J connectivity index is 1.94. The SMILES string of the molecule is Cc1cccc(NC(C)C(=O)NC2CCCC2)c1C. The zero-order chi connectivity index (χ0) is 13.8. The van der Waals surface area contributed by atoms with Crippen molar-refractivity contribution < 1.29 is 4.79 Å². The van der Waals surface area contributed by atoms with Crippen molar-refractivity contribution in [3.05, 3.63) is 29.3 Å². The summed E-state index contributed by atoms with van der Waals surface area (Å²) in [5, 5.41) is 6.44. The van der Waals surface area contributed by atoms with Crippen molar-refractivity contribution in [2.45, 2.75) is 58.5 Å². The van der Waals surface area contributed by atoms with Gasteiger partial charge in [0.05, 0.1) is 0 Å². The lowest BCUT2D eigenvalue weighted by atomic mass is 10.1. The summed E-state index contributed by atoms with van der Waals surface area (Å²) in [6, 6.07) is 6.33. The van der Waals surface area contributed by atoms with Crippen LogP contribution in [-0.4, -0.2) is 18.0 Å². The molecule has 0 saturated heterocycles. The van der Waals surface area contributed by atoms with Gasteiger partial charge in [-0.3, -0.25) is 4.79 Å². The summed E-state index contributed by atoms with van der Waals surface area (Å²) < 4.78 is 0. The number of benzene rings is 1. The number of hydrogen-bond donors (Lipinski definition) is 2. The third kappa shape index (κ3) is 3.49. The van der Waals surface area contributed by atoms with Crippen LogP contribution in [0, 0.1) is 13.8 Å². The largest absolute Gasteiger partial charge is 0.374 e. The van der Waals surface area contributed by atoms with Crippen LogP contribution in [-0.2, 0) is 4.79 Å². The highest BCUT2D eigenvalue weighted by Gasteiger charge is 2.20. The minimum Gasteiger partial charge on any atom is -0.374 e. The maximum atomic E-state index is 12.1. The molecule has 1 amide bonds. The fourth-order valence-electron chi connectivity index (χ4n) is 2.60. The first-order valence-electron chi connectivity index (χ1n) is 7.21. The summed E-state index contributed by atoms with van der Waals surface area (Å²) in [7, 11) is 0. The fourth-order valence-corrected chi connectivity index (χ4v) is 2.60. The predicted molar refractivity (Wildman–Crippen MR) is 79.4 cm³/mol. The third-order valence-electron chi connectivity index (χ3n) is 4.07. The predicted octanol–water partition coefficient (Wildman–Crippen LogP) is 3.16. The molecule has 0 aromatic heterocycles. The van der Waals surface area contributed by atoms with Gasteiger partial charge in [-0.1, -0.05) is 25.0 Å². The summed E-state index contributed by atoms with van der Waals surface area (Å²) in [6.45, 7) is 6.09. The van der Waals surface area contributed by atoms with Crippen molar-refractivity contribution in [1.29, 1.82) is 0 Å². The third-order valence-corrected chi connectivity index (χ3v) is 4.07. The summed E-state index contributed by atoms with van der Waals surface area (Å²) in [5.74, 6) is 0.104. The molecule has 0 aliphatic heterocycles. The summed E-state index contributed by atoms with van der Waals surface area (Å²) >= 11 is 0. The molecule has 0 radical (unpaired) electrons. The molecule has 19 heavy (non-hydrogen) atoms. The lowest BCUT2D eigenvalue weighted by molar-refractivity contribution is -0.122. The molecule has 1 saturated carbocycles. The second-order valence-electron chi connectivity index (χ2n) is 5.60. The molecule has 1 aromatic rings. The van der Waals surface area contributed by atoms with E-state index in [0.29, 0.717) is 6.04 Å². The molecule has 0 spiro atoms. The van der Waals surface area contributed by atoms with Gasteiger partial charge >= 0.3 is 0 Å². The second-order valence-corrected chi connectivity index (χ2v) is 5.60. The Bertz CT molecular complexity index is 450. The van der Waals surface area contributed by atoms with Crippen LogP contribution in [0.2, 0.25) is 0 Å². The molecular weight excluding hydrogens is 236 g/mol. The zero-order valence-electron chi connectivity index (χ0n) is 12.1. The Morgan fingerprint density at radius 2 is 1.95 bits per heavy atom. The molecule has 3 nitrogen and oxygen atoms in total. The van der Waals surface area contributed by atoms with Crippen molar-refractivity contribution in [1.82, 2.24) is 5.32 Å². The molecular formula is C16H24N2O. The van der Waals surface area contributed by atoms with Crippen LogP contribution >= 0.6 is 0 Å². The van der Waals surface area contributed by atoms with Crippen LogP contribution < -0.4 is 10.6 Å². The van der Waals surface area contributed by atoms with E-state index in [2.05, 4.69) is 30.5 Å². The van der Waals surface area contributed by atoms with Crippen molar-refractivity contribution in [3.8, 4) is 0 Å². The molecule has 1 atom stereocenters. The second kappa shape index (κ2) is 6.09. The van der Waals surface area contributed by atoms with E-state index in [4.69, 9.17) is 0 Å². The molecule has 0 heterocycles. The Labute approximate surface area is 115 Å². The van der Waals surface area contributed by atoms with Gasteiger partial charge in [-0.15, -0.1) is 0 Å². The van der Waals surface area contributed by atoms with Gasteiger partial charge in [-0.25, -0.2) is 0 Å². The summed E-state index contributed by atoms with van der Waals surface area (Å²) in [4.78, 5) is 12.1. The number of aryl methyl sites for hydroxylation is 1. The van der Waals surface area contributed by atoms with Gasteiger partial charge in [0, 0.05) is 11.7 Å². The molecule has 3 heteroatoms. The van der Waals surface area contributed by atoms with E-state index in [1.54, 1.807) is 0 Å². The first-order valence-corrected chi connectivity index (χ1v) is 7.21. The van der Waals surface area contributed by atoms with Crippen LogP contribution in [0.5, 0.6) is 0 Å². The molecule has 1 aliphatic rings. The van der Waals surface area contributed by atoms with Gasteiger partial charge in [0.2, 0.25) is 5.91 Å². The highest BCUT2D eigenvalue weighted by atomic mass is 16.2. The zero-order valence-corrected chi connectivity index (χ0v) is 12.1. The number of amides is 1. The Kier molecular flexibility index (Phi) is 4.46. The van der Waals surface area contributed by atoms with Gasteiger partial charge in [0.25, 0.3) is 0 Å². The molecule has 0 bridgehead atoms. The van der Waals surface area contributed by atoms with E-state index in [1.807, 2.05) is 19.1 Å². The van der Waals surface area contributed by atoms with Crippen LogP contribution in [0.15, 0.2) is 18.2 Å². The first kappa shape index (κ1) is 13.9. The van der Waals surface area contributed by atoms with E-state index >= 15 is 0 Å². The minimum atomic E-state index is -0.193. The molecule has 104 valence electrons. The standard InChI is InChI=1S/C16H24N2O/c1-11-7-6-10-15(12(11)2)17-13(3)16(19)18-14-8-4-5-9-14/h6-7,10,13-14,17H,4-5,8-9H2,1-3H3,(H,18,19). The maximum Gasteiger partial charge on any atom is 0.242 e. The number of carbonyl (C=O) groups excluding carboxylic acids is 1. The van der Waals surface area contributed by atoms with Gasteiger partial charge in [0.15, 0.2) is 0 Å². The van der Waals surface area contributed by atoms with E-state index < -0.39 is 0 Å². The van der Waals surface area contributed by atoms with Gasteiger partial charge in [0.1, 0.15) is 6.04 Å². The van der Waals surface area contributed by atoms with Crippen molar-refractivity contribution >= 4 is 11.6 Å². The van der Waals surface area contributed by atoms with Crippen LogP contribution in [0.25, 0.3) is 0 Å². The van der Waals surface area contributed by atoms with E-state index in [-0.39, 0.29) is 11.9 Å². The summed E-state index contributed by atoms with van der Waals surface area (Å²) in [5.41, 5.74) is 3.51. The number of hydrogen-bond acceptors (Lipinski definition) is 2. The Morgan fingerprint density at radius 3 is 2.63 bits per heavy atom. The Hall–Kier alpha value is -1.51. The van der Waals surface area contributed by atoms with Crippen molar-refractivity contribution in [2.24, 2.45) is 0 Å². The lowest BCUT2D eigenvalue weighted by Gasteiger charge is -2.20. The minimum absolute atomic E-state index is 0.104. The lowest BCUT2D eigenvalue weighted by Crippen LogP contribution is -2.42. The van der Waals surface area contributed by atoms with Gasteiger partial charge < -0.3 is 10.6 Å². The summed E-state index contributed by atoms with van der Waals surface area (Å²) in [6.07, 6.45) is 4.73. The van der Waals surface area contributed by atoms with Crippen LogP contribution in [0.3, 0.4) is 0 Å². The topological polar surface area (TPSA) is 41.1 Å². The average Bonchev–Trinajstić information content (AvgIpc) is 2.87. The fraction of sp³-hybridized carbons (Fsp3) is 0.562. The molecule has 1 unspecified atom stereocenters. The monoisotopic (exact) mass is 260 g/mol. The normalized spacial score (nSPS) is 17.2. The number of anilines is 1. The quantitative estimate of drug-likeness (QED) is 0.873. The van der Waals surface area contributed by atoms with E-state index in [1.165, 1.54) is 24.0 Å². The van der Waals surface area contributed by atoms with E-state index in [0.717, 1.165) is 18.5 Å². The first-order chi connectivity index (χ1) is 9.08. The van der Waals surface area contributed by atoms with Crippen LogP contribution in [0.1, 0.15) is 43.7 Å². The molecule has 1 aliphatic carbocycles. The van der Waals surface area contributed by atoms with Gasteiger partial charge in [-0.05, 0) is 50.8 Å². The molecule has 1 fully saturated rings. The number of nitrogens with one attached hydrogen (secondary N) is 2. The van der Waals surface area contributed by atoms with Crippen LogP contribution in [0.4, 0.5) is 5.69 Å². The maximum absolute atomic E-state index is 12.1. The highest BCUT2D eigenvalue weighted by Crippen LogP contribution is 2.20. The highest BCUT2D eigenvalue weighted by molar-refractivity contribution is 5.84. The molecule has 2 N–H and O–H groups in total.